The van der Waals surface area contributed by atoms with Crippen LogP contribution in [0.25, 0.3) is 0 Å². The molecule has 0 radical (unpaired) electrons. The van der Waals surface area contributed by atoms with Crippen LogP contribution in [-0.2, 0) is 26.9 Å². The predicted octanol–water partition coefficient (Wildman–Crippen LogP) is 2.52. The van der Waals surface area contributed by atoms with Gasteiger partial charge in [-0.15, -0.1) is 0 Å². The number of carbonyl (C=O) groups excluding carboxylic acids is 1. The molecule has 1 aromatic heterocycles. The zero-order valence-electron chi connectivity index (χ0n) is 15.4. The third-order valence-electron chi connectivity index (χ3n) is 4.44. The number of anilines is 1. The van der Waals surface area contributed by atoms with Crippen LogP contribution < -0.4 is 5.32 Å². The van der Waals surface area contributed by atoms with Crippen molar-refractivity contribution in [1.82, 2.24) is 9.97 Å². The lowest BCUT2D eigenvalue weighted by molar-refractivity contribution is -0.323. The van der Waals surface area contributed by atoms with Gasteiger partial charge in [0.15, 0.2) is 9.84 Å². The summed E-state index contributed by atoms with van der Waals surface area (Å²) >= 11 is 0. The number of carbonyl (C=O) groups is 1. The van der Waals surface area contributed by atoms with Crippen molar-refractivity contribution in [3.05, 3.63) is 48.0 Å². The molecule has 0 aliphatic heterocycles. The van der Waals surface area contributed by atoms with Crippen LogP contribution in [0.15, 0.2) is 41.6 Å². The van der Waals surface area contributed by atoms with E-state index in [1.807, 2.05) is 0 Å². The fourth-order valence-corrected chi connectivity index (χ4v) is 4.15. The number of aliphatic hydroxyl groups is 1. The number of rotatable bonds is 7. The van der Waals surface area contributed by atoms with Gasteiger partial charge >= 0.3 is 12.0 Å². The van der Waals surface area contributed by atoms with Crippen LogP contribution >= 0.6 is 0 Å². The topological polar surface area (TPSA) is 109 Å². The van der Waals surface area contributed by atoms with Crippen molar-refractivity contribution in [2.45, 2.75) is 36.2 Å². The Morgan fingerprint density at radius 2 is 1.67 bits per heavy atom. The molecule has 1 fully saturated rings. The maximum atomic E-state index is 13.5. The Balaban J connectivity index is 1.60. The summed E-state index contributed by atoms with van der Waals surface area (Å²) in [6, 6.07) is 3.38. The number of aromatic nitrogens is 2. The van der Waals surface area contributed by atoms with E-state index in [1.165, 1.54) is 0 Å². The van der Waals surface area contributed by atoms with E-state index in [2.05, 4.69) is 15.3 Å². The molecule has 0 bridgehead atoms. The maximum Gasteiger partial charge on any atom is 0.453 e. The van der Waals surface area contributed by atoms with Gasteiger partial charge in [0.2, 0.25) is 5.91 Å². The number of hydrogen-bond donors (Lipinski definition) is 2. The Kier molecular flexibility index (Phi) is 5.83. The van der Waals surface area contributed by atoms with Gasteiger partial charge in [0.25, 0.3) is 0 Å². The summed E-state index contributed by atoms with van der Waals surface area (Å²) < 4.78 is 75.3. The Bertz CT molecular complexity index is 1020. The van der Waals surface area contributed by atoms with Gasteiger partial charge in [-0.2, -0.15) is 17.6 Å². The fourth-order valence-electron chi connectivity index (χ4n) is 2.57. The van der Waals surface area contributed by atoms with Crippen molar-refractivity contribution in [2.75, 3.05) is 11.1 Å². The second kappa shape index (κ2) is 7.91. The highest BCUT2D eigenvalue weighted by molar-refractivity contribution is 7.91. The molecule has 1 heterocycles. The monoisotopic (exact) mass is 447 g/mol. The van der Waals surface area contributed by atoms with Gasteiger partial charge in [0, 0.05) is 23.6 Å². The molecule has 3 rings (SSSR count). The highest BCUT2D eigenvalue weighted by Crippen LogP contribution is 2.40. The summed E-state index contributed by atoms with van der Waals surface area (Å²) in [5, 5.41) is 11.3. The van der Waals surface area contributed by atoms with Crippen LogP contribution in [0.3, 0.4) is 0 Å². The van der Waals surface area contributed by atoms with Crippen LogP contribution in [-0.4, -0.2) is 41.3 Å². The average Bonchev–Trinajstić information content (AvgIpc) is 3.45. The number of nitrogens with one attached hydrogen (secondary N) is 1. The standard InChI is InChI=1S/C18H17F4N3O4S/c19-17(27,18(20,21)22)12-3-5-13(6-4-12)25-16(26)7-15-23-8-14(9-24-15)30(28,29)10-11-1-2-11/h3-6,8-9,11,27H,1-2,7,10H2,(H,25,26). The SMILES string of the molecule is O=C(Cc1ncc(S(=O)(=O)CC2CC2)cn1)Nc1ccc(C(O)(F)C(F)(F)F)cc1. The van der Waals surface area contributed by atoms with Crippen LogP contribution in [0, 0.1) is 5.92 Å². The highest BCUT2D eigenvalue weighted by atomic mass is 32.2. The van der Waals surface area contributed by atoms with Crippen LogP contribution in [0.2, 0.25) is 0 Å². The molecular weight excluding hydrogens is 430 g/mol. The first-order valence-corrected chi connectivity index (χ1v) is 10.5. The minimum absolute atomic E-state index is 0.0301. The quantitative estimate of drug-likeness (QED) is 0.632. The van der Waals surface area contributed by atoms with Crippen molar-refractivity contribution >= 4 is 21.4 Å². The van der Waals surface area contributed by atoms with Gasteiger partial charge < -0.3 is 10.4 Å². The van der Waals surface area contributed by atoms with Crippen molar-refractivity contribution in [3.8, 4) is 0 Å². The minimum Gasteiger partial charge on any atom is -0.351 e. The third-order valence-corrected chi connectivity index (χ3v) is 6.28. The van der Waals surface area contributed by atoms with E-state index in [-0.39, 0.29) is 34.5 Å². The van der Waals surface area contributed by atoms with Crippen molar-refractivity contribution in [3.63, 3.8) is 0 Å². The zero-order chi connectivity index (χ0) is 22.2. The molecule has 1 saturated carbocycles. The lowest BCUT2D eigenvalue weighted by atomic mass is 10.1. The number of halogens is 4. The third kappa shape index (κ3) is 5.11. The summed E-state index contributed by atoms with van der Waals surface area (Å²) in [5.41, 5.74) is -0.968. The molecule has 0 saturated heterocycles. The van der Waals surface area contributed by atoms with E-state index in [1.54, 1.807) is 0 Å². The number of alkyl halides is 4. The van der Waals surface area contributed by atoms with Gasteiger partial charge in [-0.3, -0.25) is 4.79 Å². The Hall–Kier alpha value is -2.60. The number of amides is 1. The number of nitrogens with zero attached hydrogens (tertiary/aromatic N) is 2. The molecule has 2 N–H and O–H groups in total. The Labute approximate surface area is 169 Å². The average molecular weight is 447 g/mol. The van der Waals surface area contributed by atoms with Gasteiger partial charge in [-0.05, 0) is 30.9 Å². The minimum atomic E-state index is -5.51. The number of sulfone groups is 1. The normalized spacial score (nSPS) is 16.7. The van der Waals surface area contributed by atoms with Crippen LogP contribution in [0.4, 0.5) is 23.2 Å². The highest BCUT2D eigenvalue weighted by Gasteiger charge is 2.56. The summed E-state index contributed by atoms with van der Waals surface area (Å²) in [6.45, 7) is 0. The second-order valence-electron chi connectivity index (χ2n) is 6.98. The van der Waals surface area contributed by atoms with Gasteiger partial charge in [-0.25, -0.2) is 18.4 Å². The molecule has 1 aromatic carbocycles. The maximum absolute atomic E-state index is 13.5. The first-order valence-electron chi connectivity index (χ1n) is 8.80. The first kappa shape index (κ1) is 22.1. The zero-order valence-corrected chi connectivity index (χ0v) is 16.2. The van der Waals surface area contributed by atoms with Crippen LogP contribution in [0.5, 0.6) is 0 Å². The molecule has 0 spiro atoms. The van der Waals surface area contributed by atoms with E-state index in [0.717, 1.165) is 37.4 Å². The molecule has 30 heavy (non-hydrogen) atoms. The summed E-state index contributed by atoms with van der Waals surface area (Å²) in [5.74, 6) is -4.89. The predicted molar refractivity (Wildman–Crippen MR) is 96.6 cm³/mol. The summed E-state index contributed by atoms with van der Waals surface area (Å²) in [7, 11) is -3.47. The largest absolute Gasteiger partial charge is 0.453 e. The number of hydrogen-bond acceptors (Lipinski definition) is 6. The van der Waals surface area contributed by atoms with Gasteiger partial charge in [0.1, 0.15) is 10.7 Å². The van der Waals surface area contributed by atoms with Gasteiger partial charge in [0.05, 0.1) is 12.2 Å². The smallest absolute Gasteiger partial charge is 0.351 e. The number of benzene rings is 1. The van der Waals surface area contributed by atoms with Crippen LogP contribution in [0.1, 0.15) is 24.2 Å². The molecule has 12 heteroatoms. The Morgan fingerprint density at radius 3 is 2.17 bits per heavy atom. The lowest BCUT2D eigenvalue weighted by Crippen LogP contribution is -2.37. The molecule has 1 aliphatic rings. The molecule has 7 nitrogen and oxygen atoms in total. The van der Waals surface area contributed by atoms with E-state index in [0.29, 0.717) is 12.1 Å². The van der Waals surface area contributed by atoms with Crippen molar-refractivity contribution in [2.24, 2.45) is 5.92 Å². The molecular formula is C18H17F4N3O4S. The van der Waals surface area contributed by atoms with E-state index in [4.69, 9.17) is 5.11 Å². The van der Waals surface area contributed by atoms with E-state index >= 15 is 0 Å². The molecule has 1 unspecified atom stereocenters. The molecule has 1 atom stereocenters. The van der Waals surface area contributed by atoms with Crippen molar-refractivity contribution in [1.29, 1.82) is 0 Å². The van der Waals surface area contributed by atoms with E-state index in [9.17, 15) is 30.8 Å². The lowest BCUT2D eigenvalue weighted by Gasteiger charge is -2.22. The molecule has 2 aromatic rings. The first-order chi connectivity index (χ1) is 13.9. The molecule has 1 aliphatic carbocycles. The molecule has 1 amide bonds. The van der Waals surface area contributed by atoms with Gasteiger partial charge in [-0.1, -0.05) is 12.1 Å². The Morgan fingerprint density at radius 1 is 1.10 bits per heavy atom. The van der Waals surface area contributed by atoms with E-state index < -0.39 is 33.3 Å². The summed E-state index contributed by atoms with van der Waals surface area (Å²) in [4.78, 5) is 19.8. The second-order valence-corrected chi connectivity index (χ2v) is 9.02. The molecule has 162 valence electrons. The summed E-state index contributed by atoms with van der Waals surface area (Å²) in [6.07, 6.45) is -1.82. The fraction of sp³-hybridized carbons (Fsp3) is 0.389. The van der Waals surface area contributed by atoms with Crippen molar-refractivity contribution < 1.29 is 35.9 Å².